The Kier molecular flexibility index (Phi) is 20.7. The smallest absolute Gasteiger partial charge is 0.327 e. The van der Waals surface area contributed by atoms with E-state index in [1.807, 2.05) is 24.3 Å². The van der Waals surface area contributed by atoms with Crippen LogP contribution in [0.4, 0.5) is 5.69 Å². The van der Waals surface area contributed by atoms with Gasteiger partial charge >= 0.3 is 7.60 Å². The molecule has 1 aliphatic carbocycles. The Labute approximate surface area is 332 Å². The largest absolute Gasteiger partial charge is 0.361 e. The highest BCUT2D eigenvalue weighted by Crippen LogP contribution is 2.32. The Morgan fingerprint density at radius 3 is 2.36 bits per heavy atom. The Morgan fingerprint density at radius 2 is 1.61 bits per heavy atom. The molecule has 0 spiro atoms. The van der Waals surface area contributed by atoms with E-state index in [0.29, 0.717) is 38.1 Å². The molecule has 0 radical (unpaired) electrons. The molecule has 17 heteroatoms. The van der Waals surface area contributed by atoms with E-state index in [1.165, 1.54) is 32.1 Å². The summed E-state index contributed by atoms with van der Waals surface area (Å²) in [5, 5.41) is 23.9. The van der Waals surface area contributed by atoms with Gasteiger partial charge in [-0.1, -0.05) is 42.6 Å². The number of rotatable bonds is 25. The molecule has 312 valence electrons. The lowest BCUT2D eigenvalue weighted by molar-refractivity contribution is -0.122. The molecule has 0 bridgehead atoms. The van der Waals surface area contributed by atoms with E-state index >= 15 is 0 Å². The number of aromatic nitrogens is 1. The Balaban J connectivity index is 1.06. The normalized spacial score (nSPS) is 16.1. The number of hydrogen-bond acceptors (Lipinski definition) is 10. The van der Waals surface area contributed by atoms with Gasteiger partial charge in [0.1, 0.15) is 11.5 Å². The molecule has 0 unspecified atom stereocenters. The maximum absolute atomic E-state index is 12.2. The highest BCUT2D eigenvalue weighted by Gasteiger charge is 2.19. The summed E-state index contributed by atoms with van der Waals surface area (Å²) in [6.45, 7) is 10.9. The van der Waals surface area contributed by atoms with Gasteiger partial charge in [0.2, 0.25) is 17.8 Å². The van der Waals surface area contributed by atoms with Crippen molar-refractivity contribution in [1.29, 1.82) is 0 Å². The average Bonchev–Trinajstić information content (AvgIpc) is 3.65. The SMILES string of the molecule is C=NC(=NCc1cc(CCCNCCCNC2CCCCC2)on1)Nc1ccccc1CNC1CCN(CCNC(=O)CCCC(=O)NCCP(=O)(O)O)CC1. The van der Waals surface area contributed by atoms with Gasteiger partial charge in [-0.15, -0.1) is 0 Å². The fraction of sp³-hybridized carbons (Fsp3) is 0.667. The van der Waals surface area contributed by atoms with E-state index < -0.39 is 13.8 Å². The number of aryl methyl sites for hydroxylation is 1. The number of nitrogens with one attached hydrogen (secondary N) is 6. The van der Waals surface area contributed by atoms with Crippen molar-refractivity contribution < 1.29 is 28.5 Å². The van der Waals surface area contributed by atoms with Crippen LogP contribution in [-0.4, -0.2) is 115 Å². The van der Waals surface area contributed by atoms with Crippen LogP contribution in [-0.2, 0) is 33.7 Å². The van der Waals surface area contributed by atoms with Crippen molar-refractivity contribution in [2.75, 3.05) is 63.8 Å². The predicted octanol–water partition coefficient (Wildman–Crippen LogP) is 3.31. The Hall–Kier alpha value is -3.50. The van der Waals surface area contributed by atoms with Gasteiger partial charge in [-0.2, -0.15) is 0 Å². The van der Waals surface area contributed by atoms with E-state index in [-0.39, 0.29) is 31.2 Å². The minimum absolute atomic E-state index is 0.0830. The summed E-state index contributed by atoms with van der Waals surface area (Å²) >= 11 is 0. The van der Waals surface area contributed by atoms with Crippen LogP contribution in [0.2, 0.25) is 0 Å². The third-order valence-electron chi connectivity index (χ3n) is 10.2. The number of piperidine rings is 1. The zero-order valence-electron chi connectivity index (χ0n) is 33.0. The Bertz CT molecular complexity index is 1540. The molecule has 1 aliphatic heterocycles. The number of carbonyl (C=O) groups is 2. The first-order valence-corrected chi connectivity index (χ1v) is 22.2. The molecule has 1 aromatic carbocycles. The third-order valence-corrected chi connectivity index (χ3v) is 11.0. The van der Waals surface area contributed by atoms with Crippen molar-refractivity contribution in [3.63, 3.8) is 0 Å². The molecule has 2 aromatic rings. The highest BCUT2D eigenvalue weighted by molar-refractivity contribution is 7.51. The molecule has 56 heavy (non-hydrogen) atoms. The summed E-state index contributed by atoms with van der Waals surface area (Å²) in [5.41, 5.74) is 2.77. The van der Waals surface area contributed by atoms with E-state index in [1.54, 1.807) is 0 Å². The van der Waals surface area contributed by atoms with Gasteiger partial charge in [0.05, 0.1) is 12.7 Å². The molecule has 1 aromatic heterocycles. The summed E-state index contributed by atoms with van der Waals surface area (Å²) in [5.74, 6) is 0.855. The highest BCUT2D eigenvalue weighted by atomic mass is 31.2. The molecule has 4 rings (SSSR count). The molecule has 1 saturated heterocycles. The second-order valence-electron chi connectivity index (χ2n) is 14.8. The van der Waals surface area contributed by atoms with Gasteiger partial charge in [0.15, 0.2) is 0 Å². The van der Waals surface area contributed by atoms with Gasteiger partial charge in [-0.3, -0.25) is 14.2 Å². The van der Waals surface area contributed by atoms with Crippen molar-refractivity contribution in [2.45, 2.75) is 109 Å². The number of guanidine groups is 1. The third kappa shape index (κ3) is 19.1. The molecule has 2 amide bonds. The molecule has 2 fully saturated rings. The maximum Gasteiger partial charge on any atom is 0.327 e. The number of anilines is 1. The first-order chi connectivity index (χ1) is 27.2. The number of para-hydroxylation sites is 1. The van der Waals surface area contributed by atoms with Gasteiger partial charge in [-0.25, -0.2) is 9.98 Å². The lowest BCUT2D eigenvalue weighted by atomic mass is 9.95. The van der Waals surface area contributed by atoms with Crippen molar-refractivity contribution in [3.8, 4) is 0 Å². The number of likely N-dealkylation sites (tertiary alicyclic amines) is 1. The van der Waals surface area contributed by atoms with E-state index in [0.717, 1.165) is 100 Å². The first-order valence-electron chi connectivity index (χ1n) is 20.4. The summed E-state index contributed by atoms with van der Waals surface area (Å²) in [7, 11) is -4.13. The van der Waals surface area contributed by atoms with Crippen LogP contribution in [0.1, 0.15) is 94.1 Å². The van der Waals surface area contributed by atoms with Gasteiger partial charge in [-0.05, 0) is 96.0 Å². The van der Waals surface area contributed by atoms with E-state index in [9.17, 15) is 14.2 Å². The minimum Gasteiger partial charge on any atom is -0.361 e. The number of benzene rings is 1. The van der Waals surface area contributed by atoms with Crippen LogP contribution in [0.5, 0.6) is 0 Å². The molecule has 2 aliphatic rings. The predicted molar refractivity (Wildman–Crippen MR) is 221 cm³/mol. The standard InChI is InChI=1S/C39H65N10O6P/c1-40-39(46-30-34-28-35(55-48-34)13-8-19-41-20-9-21-42-32-11-3-2-4-12-32)47-36-14-6-5-10-31(36)29-45-33-17-24-49(25-18-33)26-22-43-37(50)15-7-16-38(51)44-23-27-56(52,53)54/h5-6,10,14,28,32-33,41-42,45H,1-4,7-9,11-13,15-27,29-30H2,(H,43,50)(H,44,51)(H,46,47)(H2,52,53,54). The molecular formula is C39H65N10O6P. The average molecular weight is 801 g/mol. The quantitative estimate of drug-likeness (QED) is 0.0314. The maximum atomic E-state index is 12.2. The van der Waals surface area contributed by atoms with Crippen molar-refractivity contribution >= 4 is 37.8 Å². The fourth-order valence-electron chi connectivity index (χ4n) is 6.98. The van der Waals surface area contributed by atoms with Crippen LogP contribution in [0.15, 0.2) is 44.8 Å². The monoisotopic (exact) mass is 800 g/mol. The van der Waals surface area contributed by atoms with Crippen LogP contribution < -0.4 is 31.9 Å². The van der Waals surface area contributed by atoms with E-state index in [2.05, 4.69) is 64.7 Å². The number of carbonyl (C=O) groups excluding carboxylic acids is 2. The lowest BCUT2D eigenvalue weighted by Crippen LogP contribution is -2.44. The molecule has 16 nitrogen and oxygen atoms in total. The summed E-state index contributed by atoms with van der Waals surface area (Å²) in [4.78, 5) is 52.7. The minimum atomic E-state index is -4.13. The van der Waals surface area contributed by atoms with Gasteiger partial charge < -0.3 is 51.1 Å². The van der Waals surface area contributed by atoms with Crippen molar-refractivity contribution in [3.05, 3.63) is 47.3 Å². The van der Waals surface area contributed by atoms with Crippen LogP contribution in [0.25, 0.3) is 0 Å². The zero-order valence-corrected chi connectivity index (χ0v) is 33.9. The summed E-state index contributed by atoms with van der Waals surface area (Å²) in [6.07, 6.45) is 12.1. The second kappa shape index (κ2) is 25.7. The fourth-order valence-corrected chi connectivity index (χ4v) is 7.39. The lowest BCUT2D eigenvalue weighted by Gasteiger charge is -2.32. The molecular weight excluding hydrogens is 735 g/mol. The van der Waals surface area contributed by atoms with Gasteiger partial charge in [0.25, 0.3) is 0 Å². The summed E-state index contributed by atoms with van der Waals surface area (Å²) < 4.78 is 16.4. The zero-order chi connectivity index (χ0) is 39.9. The number of aliphatic imine (C=N–C) groups is 2. The number of nitrogens with zero attached hydrogens (tertiary/aromatic N) is 4. The van der Waals surface area contributed by atoms with Crippen LogP contribution >= 0.6 is 7.60 Å². The van der Waals surface area contributed by atoms with Crippen molar-refractivity contribution in [2.24, 2.45) is 9.98 Å². The molecule has 1 saturated carbocycles. The Morgan fingerprint density at radius 1 is 0.893 bits per heavy atom. The number of hydrogen-bond donors (Lipinski definition) is 8. The second-order valence-corrected chi connectivity index (χ2v) is 16.6. The van der Waals surface area contributed by atoms with E-state index in [4.69, 9.17) is 14.3 Å². The molecule has 2 heterocycles. The molecule has 8 N–H and O–H groups in total. The van der Waals surface area contributed by atoms with Gasteiger partial charge in [0, 0.05) is 69.3 Å². The number of amides is 2. The van der Waals surface area contributed by atoms with Crippen LogP contribution in [0, 0.1) is 0 Å². The van der Waals surface area contributed by atoms with Crippen molar-refractivity contribution in [1.82, 2.24) is 36.6 Å². The first kappa shape index (κ1) is 45.2. The topological polar surface area (TPSA) is 218 Å². The van der Waals surface area contributed by atoms with Crippen LogP contribution in [0.3, 0.4) is 0 Å². The molecule has 0 atom stereocenters. The summed E-state index contributed by atoms with van der Waals surface area (Å²) in [6, 6.07) is 11.2.